The Bertz CT molecular complexity index is 867. The Hall–Kier alpha value is -1.56. The minimum Gasteiger partial charge on any atom is -0.298 e. The van der Waals surface area contributed by atoms with E-state index < -0.39 is 0 Å². The van der Waals surface area contributed by atoms with Gasteiger partial charge in [0.05, 0.1) is 0 Å². The van der Waals surface area contributed by atoms with E-state index in [1.165, 1.54) is 10.4 Å². The van der Waals surface area contributed by atoms with E-state index in [0.717, 1.165) is 32.9 Å². The first-order valence-electron chi connectivity index (χ1n) is 7.57. The number of hydrogen-bond donors (Lipinski definition) is 0. The molecule has 0 fully saturated rings. The summed E-state index contributed by atoms with van der Waals surface area (Å²) in [6.45, 7) is 8.81. The first kappa shape index (κ1) is 17.3. The summed E-state index contributed by atoms with van der Waals surface area (Å²) in [5, 5.41) is 12.6. The lowest BCUT2D eigenvalue weighted by atomic mass is 10.1. The Morgan fingerprint density at radius 3 is 2.75 bits per heavy atom. The number of benzene rings is 1. The third kappa shape index (κ3) is 3.43. The lowest BCUT2D eigenvalue weighted by molar-refractivity contribution is 0.731. The number of nitrogens with zero attached hydrogens (tertiary/aromatic N) is 3. The van der Waals surface area contributed by atoms with Gasteiger partial charge in [0.25, 0.3) is 0 Å². The van der Waals surface area contributed by atoms with Crippen molar-refractivity contribution in [3.8, 4) is 11.4 Å². The molecule has 0 unspecified atom stereocenters. The average Bonchev–Trinajstić information content (AvgIpc) is 3.11. The monoisotopic (exact) mass is 375 g/mol. The van der Waals surface area contributed by atoms with Gasteiger partial charge in [0, 0.05) is 33.1 Å². The molecule has 0 aliphatic rings. The third-order valence-corrected chi connectivity index (χ3v) is 6.27. The molecule has 124 valence electrons. The number of rotatable bonds is 6. The zero-order chi connectivity index (χ0) is 17.1. The topological polar surface area (TPSA) is 30.7 Å². The fourth-order valence-corrected chi connectivity index (χ4v) is 4.48. The molecule has 0 amide bonds. The zero-order valence-corrected chi connectivity index (χ0v) is 16.0. The number of halogens is 1. The molecule has 1 aromatic carbocycles. The summed E-state index contributed by atoms with van der Waals surface area (Å²) in [7, 11) is 0. The normalized spacial score (nSPS) is 11.0. The Morgan fingerprint density at radius 1 is 1.29 bits per heavy atom. The molecule has 0 bridgehead atoms. The maximum atomic E-state index is 6.25. The summed E-state index contributed by atoms with van der Waals surface area (Å²) in [6, 6.07) is 7.89. The van der Waals surface area contributed by atoms with Crippen molar-refractivity contribution in [1.29, 1.82) is 0 Å². The van der Waals surface area contributed by atoms with E-state index in [2.05, 4.69) is 40.6 Å². The molecule has 0 saturated heterocycles. The second-order valence-corrected chi connectivity index (χ2v) is 7.85. The van der Waals surface area contributed by atoms with Gasteiger partial charge >= 0.3 is 0 Å². The van der Waals surface area contributed by atoms with Gasteiger partial charge < -0.3 is 0 Å². The van der Waals surface area contributed by atoms with Crippen LogP contribution in [0.4, 0.5) is 0 Å². The SMILES string of the molecule is C=CCn1c(SCc2ccccc2Cl)nnc1-c1csc(C)c1C. The highest BCUT2D eigenvalue weighted by molar-refractivity contribution is 7.98. The summed E-state index contributed by atoms with van der Waals surface area (Å²) >= 11 is 9.63. The van der Waals surface area contributed by atoms with Crippen molar-refractivity contribution < 1.29 is 0 Å². The van der Waals surface area contributed by atoms with E-state index in [-0.39, 0.29) is 0 Å². The largest absolute Gasteiger partial charge is 0.298 e. The lowest BCUT2D eigenvalue weighted by Crippen LogP contribution is -2.01. The van der Waals surface area contributed by atoms with E-state index in [4.69, 9.17) is 11.6 Å². The minimum absolute atomic E-state index is 0.682. The first-order chi connectivity index (χ1) is 11.6. The van der Waals surface area contributed by atoms with Crippen molar-refractivity contribution in [1.82, 2.24) is 14.8 Å². The van der Waals surface area contributed by atoms with E-state index >= 15 is 0 Å². The average molecular weight is 376 g/mol. The van der Waals surface area contributed by atoms with Crippen LogP contribution in [-0.2, 0) is 12.3 Å². The molecule has 0 atom stereocenters. The van der Waals surface area contributed by atoms with Gasteiger partial charge in [0.15, 0.2) is 11.0 Å². The van der Waals surface area contributed by atoms with Crippen LogP contribution < -0.4 is 0 Å². The molecule has 0 aliphatic carbocycles. The number of hydrogen-bond acceptors (Lipinski definition) is 4. The van der Waals surface area contributed by atoms with Gasteiger partial charge in [-0.3, -0.25) is 4.57 Å². The number of thiophene rings is 1. The summed E-state index contributed by atoms with van der Waals surface area (Å²) in [4.78, 5) is 1.31. The number of allylic oxidation sites excluding steroid dienone is 1. The van der Waals surface area contributed by atoms with Crippen LogP contribution in [0.3, 0.4) is 0 Å². The molecule has 3 rings (SSSR count). The Kier molecular flexibility index (Phi) is 5.43. The highest BCUT2D eigenvalue weighted by Gasteiger charge is 2.17. The highest BCUT2D eigenvalue weighted by atomic mass is 35.5. The predicted octanol–water partition coefficient (Wildman–Crippen LogP) is 5.76. The quantitative estimate of drug-likeness (QED) is 0.405. The van der Waals surface area contributed by atoms with Crippen LogP contribution in [0.15, 0.2) is 47.5 Å². The molecule has 3 aromatic rings. The maximum Gasteiger partial charge on any atom is 0.192 e. The molecule has 3 nitrogen and oxygen atoms in total. The van der Waals surface area contributed by atoms with Crippen molar-refractivity contribution in [3.05, 3.63) is 63.3 Å². The molecule has 2 aromatic heterocycles. The maximum absolute atomic E-state index is 6.25. The molecule has 0 N–H and O–H groups in total. The van der Waals surface area contributed by atoms with Gasteiger partial charge in [-0.1, -0.05) is 47.6 Å². The standard InChI is InChI=1S/C18H18ClN3S2/c1-4-9-22-17(15-11-23-13(3)12(15)2)20-21-18(22)24-10-14-7-5-6-8-16(14)19/h4-8,11H,1,9-10H2,2-3H3. The molecule has 6 heteroatoms. The fraction of sp³-hybridized carbons (Fsp3) is 0.222. The number of aromatic nitrogens is 3. The van der Waals surface area contributed by atoms with Crippen molar-refractivity contribution in [2.75, 3.05) is 0 Å². The van der Waals surface area contributed by atoms with Gasteiger partial charge in [-0.25, -0.2) is 0 Å². The van der Waals surface area contributed by atoms with Gasteiger partial charge in [-0.05, 0) is 31.0 Å². The Balaban J connectivity index is 1.90. The van der Waals surface area contributed by atoms with E-state index in [1.807, 2.05) is 30.3 Å². The zero-order valence-electron chi connectivity index (χ0n) is 13.6. The van der Waals surface area contributed by atoms with Gasteiger partial charge in [-0.2, -0.15) is 0 Å². The number of aryl methyl sites for hydroxylation is 1. The van der Waals surface area contributed by atoms with E-state index in [0.29, 0.717) is 6.54 Å². The Morgan fingerprint density at radius 2 is 2.08 bits per heavy atom. The molecule has 0 saturated carbocycles. The molecule has 24 heavy (non-hydrogen) atoms. The van der Waals surface area contributed by atoms with Crippen LogP contribution >= 0.6 is 34.7 Å². The molecular weight excluding hydrogens is 358 g/mol. The fourth-order valence-electron chi connectivity index (χ4n) is 2.38. The highest BCUT2D eigenvalue weighted by Crippen LogP contribution is 2.33. The van der Waals surface area contributed by atoms with Crippen LogP contribution in [0, 0.1) is 13.8 Å². The van der Waals surface area contributed by atoms with E-state index in [9.17, 15) is 0 Å². The van der Waals surface area contributed by atoms with Crippen LogP contribution in [0.1, 0.15) is 16.0 Å². The lowest BCUT2D eigenvalue weighted by Gasteiger charge is -2.08. The summed E-state index contributed by atoms with van der Waals surface area (Å²) in [5.74, 6) is 1.66. The summed E-state index contributed by atoms with van der Waals surface area (Å²) < 4.78 is 2.11. The first-order valence-corrected chi connectivity index (χ1v) is 9.81. The predicted molar refractivity (Wildman–Crippen MR) is 104 cm³/mol. The van der Waals surface area contributed by atoms with Gasteiger partial charge in [-0.15, -0.1) is 28.1 Å². The van der Waals surface area contributed by atoms with Crippen molar-refractivity contribution >= 4 is 34.7 Å². The molecular formula is C18H18ClN3S2. The summed E-state index contributed by atoms with van der Waals surface area (Å²) in [5.41, 5.74) is 3.51. The number of thioether (sulfide) groups is 1. The molecule has 0 radical (unpaired) electrons. The smallest absolute Gasteiger partial charge is 0.192 e. The minimum atomic E-state index is 0.682. The van der Waals surface area contributed by atoms with E-state index in [1.54, 1.807) is 23.1 Å². The summed E-state index contributed by atoms with van der Waals surface area (Å²) in [6.07, 6.45) is 1.88. The second kappa shape index (κ2) is 7.55. The van der Waals surface area contributed by atoms with Crippen molar-refractivity contribution in [3.63, 3.8) is 0 Å². The molecule has 2 heterocycles. The van der Waals surface area contributed by atoms with Crippen molar-refractivity contribution in [2.45, 2.75) is 31.3 Å². The van der Waals surface area contributed by atoms with Crippen molar-refractivity contribution in [2.24, 2.45) is 0 Å². The van der Waals surface area contributed by atoms with Crippen LogP contribution in [-0.4, -0.2) is 14.8 Å². The van der Waals surface area contributed by atoms with Gasteiger partial charge in [0.1, 0.15) is 0 Å². The van der Waals surface area contributed by atoms with Crippen LogP contribution in [0.5, 0.6) is 0 Å². The van der Waals surface area contributed by atoms with Crippen LogP contribution in [0.2, 0.25) is 5.02 Å². The third-order valence-electron chi connectivity index (χ3n) is 3.87. The molecule has 0 spiro atoms. The van der Waals surface area contributed by atoms with Gasteiger partial charge in [0.2, 0.25) is 0 Å². The molecule has 0 aliphatic heterocycles. The Labute approximate surface area is 155 Å². The van der Waals surface area contributed by atoms with Crippen LogP contribution in [0.25, 0.3) is 11.4 Å². The second-order valence-electron chi connectivity index (χ2n) is 5.42.